The average Bonchev–Trinajstić information content (AvgIpc) is 3.15. The van der Waals surface area contributed by atoms with Gasteiger partial charge in [0, 0.05) is 24.2 Å². The Morgan fingerprint density at radius 1 is 1.09 bits per heavy atom. The highest BCUT2D eigenvalue weighted by molar-refractivity contribution is 6.06. The fourth-order valence-corrected chi connectivity index (χ4v) is 3.76. The summed E-state index contributed by atoms with van der Waals surface area (Å²) in [5.74, 6) is -1.29. The number of esters is 1. The topological polar surface area (TPSA) is 83.8 Å². The third-order valence-corrected chi connectivity index (χ3v) is 5.80. The van der Waals surface area contributed by atoms with Crippen LogP contribution < -0.4 is 10.1 Å². The van der Waals surface area contributed by atoms with E-state index in [-0.39, 0.29) is 18.0 Å². The molecule has 0 saturated heterocycles. The molecular weight excluding hydrogens is 449 g/mol. The van der Waals surface area contributed by atoms with Crippen LogP contribution in [0.4, 0.5) is 4.39 Å². The van der Waals surface area contributed by atoms with Gasteiger partial charge in [0.1, 0.15) is 5.82 Å². The lowest BCUT2D eigenvalue weighted by Crippen LogP contribution is -2.40. The number of ether oxygens (including phenoxy) is 1. The number of hydrogen-bond donors (Lipinski definition) is 2. The second-order valence-corrected chi connectivity index (χ2v) is 9.50. The smallest absolute Gasteiger partial charge is 0.316 e. The van der Waals surface area contributed by atoms with Crippen molar-refractivity contribution < 1.29 is 23.8 Å². The molecule has 0 fully saturated rings. The van der Waals surface area contributed by atoms with Crippen LogP contribution in [0.3, 0.4) is 0 Å². The number of halogens is 1. The minimum atomic E-state index is -0.799. The number of hydrogen-bond acceptors (Lipinski definition) is 5. The number of aromatic nitrogens is 1. The molecule has 0 saturated carbocycles. The number of aliphatic hydroxyl groups is 1. The Morgan fingerprint density at radius 3 is 2.31 bits per heavy atom. The molecule has 1 atom stereocenters. The zero-order valence-electron chi connectivity index (χ0n) is 21.0. The van der Waals surface area contributed by atoms with Crippen LogP contribution in [0.25, 0.3) is 16.6 Å². The molecule has 0 aliphatic carbocycles. The normalized spacial score (nSPS) is 12.7. The Kier molecular flexibility index (Phi) is 8.30. The molecule has 1 unspecified atom stereocenters. The van der Waals surface area contributed by atoms with Gasteiger partial charge in [-0.25, -0.2) is 4.39 Å². The summed E-state index contributed by atoms with van der Waals surface area (Å²) < 4.78 is 21.1. The lowest BCUT2D eigenvalue weighted by molar-refractivity contribution is -0.142. The fraction of sp³-hybridized carbons (Fsp3) is 0.407. The Labute approximate surface area is 205 Å². The van der Waals surface area contributed by atoms with E-state index >= 15 is 0 Å². The molecule has 3 aromatic rings. The average molecular weight is 484 g/mol. The summed E-state index contributed by atoms with van der Waals surface area (Å²) >= 11 is 0. The summed E-state index contributed by atoms with van der Waals surface area (Å²) in [4.78, 5) is 28.4. The molecule has 1 aromatic heterocycles. The largest absolute Gasteiger partial charge is 0.423 e. The highest BCUT2D eigenvalue weighted by Gasteiger charge is 2.31. The molecule has 0 aliphatic rings. The van der Waals surface area contributed by atoms with Gasteiger partial charge < -0.3 is 24.6 Å². The van der Waals surface area contributed by atoms with Gasteiger partial charge in [0.2, 0.25) is 0 Å². The quantitative estimate of drug-likeness (QED) is 0.447. The van der Waals surface area contributed by atoms with Crippen LogP contribution in [-0.4, -0.2) is 58.7 Å². The molecule has 1 amide bonds. The first kappa shape index (κ1) is 26.4. The molecule has 0 bridgehead atoms. The zero-order chi connectivity index (χ0) is 25.8. The predicted octanol–water partition coefficient (Wildman–Crippen LogP) is 4.15. The van der Waals surface area contributed by atoms with Gasteiger partial charge in [0.15, 0.2) is 11.4 Å². The third kappa shape index (κ3) is 6.07. The summed E-state index contributed by atoms with van der Waals surface area (Å²) in [6.45, 7) is 11.2. The van der Waals surface area contributed by atoms with Gasteiger partial charge in [-0.3, -0.25) is 9.59 Å². The van der Waals surface area contributed by atoms with Crippen molar-refractivity contribution in [3.05, 3.63) is 60.0 Å². The Hall–Kier alpha value is -3.23. The molecule has 0 spiro atoms. The maximum absolute atomic E-state index is 13.7. The van der Waals surface area contributed by atoms with Crippen molar-refractivity contribution in [3.8, 4) is 11.4 Å². The summed E-state index contributed by atoms with van der Waals surface area (Å²) in [6.07, 6.45) is -0.775. The highest BCUT2D eigenvalue weighted by Crippen LogP contribution is 2.37. The van der Waals surface area contributed by atoms with E-state index < -0.39 is 29.2 Å². The second-order valence-electron chi connectivity index (χ2n) is 9.50. The van der Waals surface area contributed by atoms with Crippen molar-refractivity contribution in [2.45, 2.75) is 40.7 Å². The summed E-state index contributed by atoms with van der Waals surface area (Å²) in [6, 6.07) is 12.9. The van der Waals surface area contributed by atoms with Crippen molar-refractivity contribution in [2.75, 3.05) is 26.2 Å². The third-order valence-electron chi connectivity index (χ3n) is 5.80. The van der Waals surface area contributed by atoms with Crippen LogP contribution in [0.5, 0.6) is 5.75 Å². The fourth-order valence-electron chi connectivity index (χ4n) is 3.76. The zero-order valence-corrected chi connectivity index (χ0v) is 21.0. The number of nitrogens with one attached hydrogen (secondary N) is 1. The predicted molar refractivity (Wildman–Crippen MR) is 134 cm³/mol. The number of likely N-dealkylation sites (N-methyl/N-ethyl adjacent to an activating group) is 1. The van der Waals surface area contributed by atoms with Crippen molar-refractivity contribution in [1.29, 1.82) is 0 Å². The number of carbonyl (C=O) groups is 2. The number of para-hydroxylation sites is 1. The Balaban J connectivity index is 2.08. The lowest BCUT2D eigenvalue weighted by atomic mass is 9.97. The van der Waals surface area contributed by atoms with E-state index in [0.717, 1.165) is 13.1 Å². The van der Waals surface area contributed by atoms with E-state index in [1.165, 1.54) is 12.1 Å². The van der Waals surface area contributed by atoms with Gasteiger partial charge in [-0.15, -0.1) is 0 Å². The maximum atomic E-state index is 13.7. The van der Waals surface area contributed by atoms with E-state index in [2.05, 4.69) is 10.2 Å². The van der Waals surface area contributed by atoms with Crippen molar-refractivity contribution in [2.24, 2.45) is 5.41 Å². The molecular formula is C27H34FN3O4. The standard InChI is InChI=1S/C27H34FN3O4/c1-6-30(7-2)17-20(32)16-29-25(33)23-24(35-26(34)27(3,4)5)21-10-8-9-11-22(21)31(23)19-14-12-18(28)13-15-19/h8-15,20,32H,6-7,16-17H2,1-5H3,(H,29,33). The second kappa shape index (κ2) is 11.0. The van der Waals surface area contributed by atoms with Crippen LogP contribution in [0, 0.1) is 11.2 Å². The minimum absolute atomic E-state index is 0.0208. The first-order valence-corrected chi connectivity index (χ1v) is 11.9. The molecule has 0 aliphatic heterocycles. The molecule has 2 N–H and O–H groups in total. The van der Waals surface area contributed by atoms with Gasteiger partial charge >= 0.3 is 5.97 Å². The molecule has 8 heteroatoms. The van der Waals surface area contributed by atoms with Gasteiger partial charge in [-0.2, -0.15) is 0 Å². The first-order valence-electron chi connectivity index (χ1n) is 11.9. The van der Waals surface area contributed by atoms with Crippen molar-refractivity contribution in [3.63, 3.8) is 0 Å². The van der Waals surface area contributed by atoms with Crippen LogP contribution in [0.2, 0.25) is 0 Å². The first-order chi connectivity index (χ1) is 16.6. The molecule has 3 rings (SSSR count). The van der Waals surface area contributed by atoms with E-state index in [9.17, 15) is 19.1 Å². The number of fused-ring (bicyclic) bond motifs is 1. The monoisotopic (exact) mass is 483 g/mol. The number of carbonyl (C=O) groups excluding carboxylic acids is 2. The molecule has 1 heterocycles. The van der Waals surface area contributed by atoms with Gasteiger partial charge in [0.05, 0.1) is 17.0 Å². The highest BCUT2D eigenvalue weighted by atomic mass is 19.1. The van der Waals surface area contributed by atoms with Gasteiger partial charge in [-0.05, 0) is 70.3 Å². The Bertz CT molecular complexity index is 1180. The Morgan fingerprint density at radius 2 is 1.71 bits per heavy atom. The van der Waals surface area contributed by atoms with Crippen LogP contribution in [-0.2, 0) is 4.79 Å². The molecule has 7 nitrogen and oxygen atoms in total. The van der Waals surface area contributed by atoms with Gasteiger partial charge in [0.25, 0.3) is 5.91 Å². The lowest BCUT2D eigenvalue weighted by Gasteiger charge is -2.22. The van der Waals surface area contributed by atoms with Crippen molar-refractivity contribution in [1.82, 2.24) is 14.8 Å². The number of nitrogens with zero attached hydrogens (tertiary/aromatic N) is 2. The molecule has 2 aromatic carbocycles. The SMILES string of the molecule is CCN(CC)CC(O)CNC(=O)c1c(OC(=O)C(C)(C)C)c2ccccc2n1-c1ccc(F)cc1. The van der Waals surface area contributed by atoms with Crippen LogP contribution >= 0.6 is 0 Å². The van der Waals surface area contributed by atoms with Crippen LogP contribution in [0.15, 0.2) is 48.5 Å². The van der Waals surface area contributed by atoms with Crippen LogP contribution in [0.1, 0.15) is 45.1 Å². The maximum Gasteiger partial charge on any atom is 0.316 e. The summed E-state index contributed by atoms with van der Waals surface area (Å²) in [5.41, 5.74) is 0.469. The number of benzene rings is 2. The molecule has 0 radical (unpaired) electrons. The van der Waals surface area contributed by atoms with E-state index in [4.69, 9.17) is 4.74 Å². The minimum Gasteiger partial charge on any atom is -0.423 e. The van der Waals surface area contributed by atoms with Gasteiger partial charge in [-0.1, -0.05) is 26.0 Å². The van der Waals surface area contributed by atoms with E-state index in [1.807, 2.05) is 19.9 Å². The summed E-state index contributed by atoms with van der Waals surface area (Å²) in [7, 11) is 0. The van der Waals surface area contributed by atoms with E-state index in [0.29, 0.717) is 23.1 Å². The van der Waals surface area contributed by atoms with Crippen molar-refractivity contribution >= 4 is 22.8 Å². The number of aliphatic hydroxyl groups excluding tert-OH is 1. The summed E-state index contributed by atoms with van der Waals surface area (Å²) in [5, 5.41) is 13.8. The van der Waals surface area contributed by atoms with E-state index in [1.54, 1.807) is 55.7 Å². The number of amides is 1. The molecule has 35 heavy (non-hydrogen) atoms. The molecule has 188 valence electrons. The number of rotatable bonds is 9.